The first kappa shape index (κ1) is 25.6. The SMILES string of the molecule is CCc1nc2ccc(Cl)cc2n1-c1cccc(CNc2ccc3c(c2)OC[C@H]3OC(C)=O)c1C.[NaH]. The Kier molecular flexibility index (Phi) is 7.77. The van der Waals surface area contributed by atoms with E-state index < -0.39 is 0 Å². The Morgan fingerprint density at radius 3 is 2.83 bits per heavy atom. The van der Waals surface area contributed by atoms with Crippen LogP contribution in [0.3, 0.4) is 0 Å². The Morgan fingerprint density at radius 1 is 1.23 bits per heavy atom. The fourth-order valence-electron chi connectivity index (χ4n) is 4.49. The molecule has 2 heterocycles. The van der Waals surface area contributed by atoms with Gasteiger partial charge < -0.3 is 14.8 Å². The molecule has 1 aromatic heterocycles. The van der Waals surface area contributed by atoms with E-state index in [-0.39, 0.29) is 41.6 Å². The molecule has 1 atom stereocenters. The van der Waals surface area contributed by atoms with E-state index >= 15 is 0 Å². The van der Waals surface area contributed by atoms with Gasteiger partial charge in [0.15, 0.2) is 6.10 Å². The fraction of sp³-hybridized carbons (Fsp3) is 0.259. The Hall–Kier alpha value is -2.51. The van der Waals surface area contributed by atoms with E-state index in [1.165, 1.54) is 18.1 Å². The van der Waals surface area contributed by atoms with E-state index in [1.807, 2.05) is 36.4 Å². The topological polar surface area (TPSA) is 65.4 Å². The molecule has 0 aliphatic carbocycles. The van der Waals surface area contributed by atoms with E-state index in [9.17, 15) is 4.79 Å². The van der Waals surface area contributed by atoms with Crippen molar-refractivity contribution in [2.75, 3.05) is 11.9 Å². The molecular formula is C27H27ClN3NaO3. The molecular weight excluding hydrogens is 473 g/mol. The molecule has 0 unspecified atom stereocenters. The quantitative estimate of drug-likeness (QED) is 0.280. The average molecular weight is 500 g/mol. The van der Waals surface area contributed by atoms with Gasteiger partial charge in [-0.15, -0.1) is 0 Å². The molecule has 5 rings (SSSR count). The zero-order chi connectivity index (χ0) is 23.8. The van der Waals surface area contributed by atoms with Crippen molar-refractivity contribution in [1.29, 1.82) is 0 Å². The number of anilines is 1. The van der Waals surface area contributed by atoms with Crippen molar-refractivity contribution in [3.8, 4) is 11.4 Å². The van der Waals surface area contributed by atoms with Gasteiger partial charge in [-0.2, -0.15) is 0 Å². The number of hydrogen-bond acceptors (Lipinski definition) is 5. The summed E-state index contributed by atoms with van der Waals surface area (Å²) in [5, 5.41) is 4.20. The van der Waals surface area contributed by atoms with Gasteiger partial charge >= 0.3 is 35.5 Å². The van der Waals surface area contributed by atoms with Crippen molar-refractivity contribution >= 4 is 63.8 Å². The number of benzene rings is 3. The van der Waals surface area contributed by atoms with E-state index in [0.29, 0.717) is 18.2 Å². The number of imidazole rings is 1. The van der Waals surface area contributed by atoms with Gasteiger partial charge in [0.05, 0.1) is 16.7 Å². The van der Waals surface area contributed by atoms with Gasteiger partial charge in [-0.25, -0.2) is 4.98 Å². The number of carbonyl (C=O) groups is 1. The minimum absolute atomic E-state index is 0. The van der Waals surface area contributed by atoms with Crippen LogP contribution in [0.2, 0.25) is 5.02 Å². The Morgan fingerprint density at radius 2 is 2.06 bits per heavy atom. The average Bonchev–Trinajstić information content (AvgIpc) is 3.38. The molecule has 6 nitrogen and oxygen atoms in total. The van der Waals surface area contributed by atoms with Gasteiger partial charge in [0.1, 0.15) is 18.2 Å². The van der Waals surface area contributed by atoms with Crippen molar-refractivity contribution in [3.05, 3.63) is 82.1 Å². The van der Waals surface area contributed by atoms with Crippen molar-refractivity contribution in [3.63, 3.8) is 0 Å². The summed E-state index contributed by atoms with van der Waals surface area (Å²) in [6.07, 6.45) is 0.476. The standard InChI is InChI=1S/C27H26ClN3O3.Na.H/c1-4-27-30-22-11-8-19(28)12-24(22)31(27)23-7-5-6-18(16(23)2)14-29-20-9-10-21-25(13-20)33-15-26(21)34-17(3)32;;/h5-13,26,29H,4,14-15H2,1-3H3;;/t26-;;/m1../s1. The predicted molar refractivity (Wildman–Crippen MR) is 141 cm³/mol. The van der Waals surface area contributed by atoms with Crippen LogP contribution in [0.5, 0.6) is 5.75 Å². The van der Waals surface area contributed by atoms with Crippen LogP contribution in [0.1, 0.15) is 42.5 Å². The second kappa shape index (κ2) is 10.6. The van der Waals surface area contributed by atoms with Crippen LogP contribution < -0.4 is 10.1 Å². The number of aromatic nitrogens is 2. The summed E-state index contributed by atoms with van der Waals surface area (Å²) < 4.78 is 13.3. The molecule has 0 saturated heterocycles. The Labute approximate surface area is 231 Å². The first-order valence-electron chi connectivity index (χ1n) is 11.4. The minimum atomic E-state index is -0.341. The van der Waals surface area contributed by atoms with Crippen LogP contribution in [0.15, 0.2) is 54.6 Å². The molecule has 0 radical (unpaired) electrons. The molecule has 0 bridgehead atoms. The monoisotopic (exact) mass is 499 g/mol. The second-order valence-corrected chi connectivity index (χ2v) is 8.86. The van der Waals surface area contributed by atoms with Crippen LogP contribution in [0.4, 0.5) is 5.69 Å². The molecule has 1 N–H and O–H groups in total. The summed E-state index contributed by atoms with van der Waals surface area (Å²) >= 11 is 6.31. The van der Waals surface area contributed by atoms with E-state index in [4.69, 9.17) is 26.1 Å². The van der Waals surface area contributed by atoms with Crippen LogP contribution in [-0.2, 0) is 22.5 Å². The molecule has 0 amide bonds. The van der Waals surface area contributed by atoms with Gasteiger partial charge in [-0.1, -0.05) is 30.7 Å². The molecule has 0 spiro atoms. The fourth-order valence-corrected chi connectivity index (χ4v) is 4.66. The molecule has 1 aliphatic rings. The third-order valence-electron chi connectivity index (χ3n) is 6.20. The summed E-state index contributed by atoms with van der Waals surface area (Å²) in [6, 6.07) is 18.0. The third-order valence-corrected chi connectivity index (χ3v) is 6.44. The predicted octanol–water partition coefficient (Wildman–Crippen LogP) is 5.51. The zero-order valence-corrected chi connectivity index (χ0v) is 20.1. The van der Waals surface area contributed by atoms with Gasteiger partial charge in [0.25, 0.3) is 0 Å². The number of nitrogens with one attached hydrogen (secondary N) is 1. The van der Waals surface area contributed by atoms with Gasteiger partial charge in [-0.3, -0.25) is 9.36 Å². The van der Waals surface area contributed by atoms with Crippen molar-refractivity contribution in [1.82, 2.24) is 9.55 Å². The number of carbonyl (C=O) groups excluding carboxylic acids is 1. The molecule has 35 heavy (non-hydrogen) atoms. The number of aryl methyl sites for hydroxylation is 1. The van der Waals surface area contributed by atoms with E-state index in [0.717, 1.165) is 46.0 Å². The number of nitrogens with zero attached hydrogens (tertiary/aromatic N) is 2. The van der Waals surface area contributed by atoms with Crippen LogP contribution in [-0.4, -0.2) is 51.7 Å². The van der Waals surface area contributed by atoms with Gasteiger partial charge in [0, 0.05) is 42.2 Å². The van der Waals surface area contributed by atoms with E-state index in [1.54, 1.807) is 0 Å². The number of esters is 1. The first-order chi connectivity index (χ1) is 16.4. The molecule has 0 saturated carbocycles. The Balaban J connectivity index is 0.00000289. The van der Waals surface area contributed by atoms with Crippen molar-refractivity contribution in [2.45, 2.75) is 39.8 Å². The second-order valence-electron chi connectivity index (χ2n) is 8.43. The molecule has 8 heteroatoms. The van der Waals surface area contributed by atoms with Crippen LogP contribution in [0, 0.1) is 6.92 Å². The number of halogens is 1. The normalized spacial score (nSPS) is 14.2. The van der Waals surface area contributed by atoms with Gasteiger partial charge in [0.2, 0.25) is 0 Å². The summed E-state index contributed by atoms with van der Waals surface area (Å²) in [5.74, 6) is 1.44. The molecule has 1 aliphatic heterocycles. The van der Waals surface area contributed by atoms with E-state index in [2.05, 4.69) is 41.9 Å². The summed E-state index contributed by atoms with van der Waals surface area (Å²) in [4.78, 5) is 16.1. The summed E-state index contributed by atoms with van der Waals surface area (Å²) in [5.41, 5.74) is 7.25. The third kappa shape index (κ3) is 5.07. The molecule has 0 fully saturated rings. The molecule has 176 valence electrons. The number of rotatable bonds is 6. The van der Waals surface area contributed by atoms with Crippen LogP contribution in [0.25, 0.3) is 16.7 Å². The van der Waals surface area contributed by atoms with Crippen LogP contribution >= 0.6 is 11.6 Å². The maximum atomic E-state index is 11.3. The zero-order valence-electron chi connectivity index (χ0n) is 19.4. The number of ether oxygens (including phenoxy) is 2. The van der Waals surface area contributed by atoms with Crippen molar-refractivity contribution in [2.24, 2.45) is 0 Å². The van der Waals surface area contributed by atoms with Gasteiger partial charge in [-0.05, 0) is 54.4 Å². The Bertz CT molecular complexity index is 1400. The summed E-state index contributed by atoms with van der Waals surface area (Å²) in [6.45, 7) is 6.66. The van der Waals surface area contributed by atoms with Crippen molar-refractivity contribution < 1.29 is 14.3 Å². The maximum absolute atomic E-state index is 11.3. The number of fused-ring (bicyclic) bond motifs is 2. The molecule has 3 aromatic carbocycles. The molecule has 4 aromatic rings. The number of hydrogen-bond donors (Lipinski definition) is 1. The summed E-state index contributed by atoms with van der Waals surface area (Å²) in [7, 11) is 0. The first-order valence-corrected chi connectivity index (χ1v) is 11.8.